The molecule has 2 aromatic rings. The van der Waals surface area contributed by atoms with Crippen LogP contribution >= 0.6 is 11.6 Å². The van der Waals surface area contributed by atoms with Gasteiger partial charge in [0, 0.05) is 31.5 Å². The molecular weight excluding hydrogens is 288 g/mol. The molecule has 1 N–H and O–H groups in total. The van der Waals surface area contributed by atoms with Crippen molar-refractivity contribution in [2.75, 3.05) is 17.3 Å². The predicted molar refractivity (Wildman–Crippen MR) is 87.2 cm³/mol. The van der Waals surface area contributed by atoms with Crippen LogP contribution < -0.4 is 10.2 Å². The van der Waals surface area contributed by atoms with E-state index in [-0.39, 0.29) is 11.2 Å². The first-order chi connectivity index (χ1) is 10.1. The highest BCUT2D eigenvalue weighted by Gasteiger charge is 2.06. The van der Waals surface area contributed by atoms with Gasteiger partial charge < -0.3 is 10.2 Å². The SMILES string of the molecule is CC.CC(=O)Nc1ccc(N(C)c2ccnc(Cl)n2)cc1. The average molecular weight is 307 g/mol. The molecule has 0 unspecified atom stereocenters. The van der Waals surface area contributed by atoms with Crippen molar-refractivity contribution in [3.8, 4) is 0 Å². The molecule has 6 heteroatoms. The lowest BCUT2D eigenvalue weighted by molar-refractivity contribution is -0.114. The standard InChI is InChI=1S/C13H13ClN4O.C2H6/c1-9(19)16-10-3-5-11(6-4-10)18(2)12-7-8-15-13(14)17-12;1-2/h3-8H,1-2H3,(H,16,19);1-2H3. The van der Waals surface area contributed by atoms with E-state index >= 15 is 0 Å². The summed E-state index contributed by atoms with van der Waals surface area (Å²) < 4.78 is 0. The molecule has 112 valence electrons. The van der Waals surface area contributed by atoms with E-state index in [0.29, 0.717) is 5.82 Å². The monoisotopic (exact) mass is 306 g/mol. The summed E-state index contributed by atoms with van der Waals surface area (Å²) in [6, 6.07) is 9.21. The Morgan fingerprint density at radius 1 is 1.19 bits per heavy atom. The van der Waals surface area contributed by atoms with Crippen molar-refractivity contribution in [3.63, 3.8) is 0 Å². The highest BCUT2D eigenvalue weighted by atomic mass is 35.5. The van der Waals surface area contributed by atoms with Gasteiger partial charge in [0.15, 0.2) is 0 Å². The van der Waals surface area contributed by atoms with Crippen LogP contribution in [0.5, 0.6) is 0 Å². The summed E-state index contributed by atoms with van der Waals surface area (Å²) in [5.74, 6) is 0.607. The van der Waals surface area contributed by atoms with Crippen LogP contribution in [0, 0.1) is 0 Å². The maximum absolute atomic E-state index is 10.9. The van der Waals surface area contributed by atoms with E-state index in [1.807, 2.05) is 50.1 Å². The largest absolute Gasteiger partial charge is 0.329 e. The molecule has 0 atom stereocenters. The molecule has 0 aliphatic rings. The Hall–Kier alpha value is -2.14. The highest BCUT2D eigenvalue weighted by Crippen LogP contribution is 2.23. The van der Waals surface area contributed by atoms with Crippen molar-refractivity contribution in [3.05, 3.63) is 41.8 Å². The minimum absolute atomic E-state index is 0.0938. The molecule has 5 nitrogen and oxygen atoms in total. The number of benzene rings is 1. The van der Waals surface area contributed by atoms with Gasteiger partial charge in [0.25, 0.3) is 0 Å². The summed E-state index contributed by atoms with van der Waals surface area (Å²) in [6.07, 6.45) is 1.60. The van der Waals surface area contributed by atoms with Crippen LogP contribution in [0.4, 0.5) is 17.2 Å². The fourth-order valence-electron chi connectivity index (χ4n) is 1.62. The third-order valence-electron chi connectivity index (χ3n) is 2.53. The number of rotatable bonds is 3. The Morgan fingerprint density at radius 3 is 2.33 bits per heavy atom. The van der Waals surface area contributed by atoms with Crippen LogP contribution in [0.15, 0.2) is 36.5 Å². The van der Waals surface area contributed by atoms with Crippen LogP contribution in [0.3, 0.4) is 0 Å². The lowest BCUT2D eigenvalue weighted by atomic mass is 10.2. The lowest BCUT2D eigenvalue weighted by Crippen LogP contribution is -2.12. The van der Waals surface area contributed by atoms with Gasteiger partial charge in [-0.15, -0.1) is 0 Å². The molecule has 1 aromatic heterocycles. The molecule has 0 saturated carbocycles. The summed E-state index contributed by atoms with van der Waals surface area (Å²) in [5.41, 5.74) is 1.69. The van der Waals surface area contributed by atoms with E-state index in [0.717, 1.165) is 11.4 Å². The van der Waals surface area contributed by atoms with E-state index in [1.54, 1.807) is 12.3 Å². The Bertz CT molecular complexity index is 586. The first kappa shape index (κ1) is 16.9. The number of nitrogens with zero attached hydrogens (tertiary/aromatic N) is 3. The molecule has 1 amide bonds. The van der Waals surface area contributed by atoms with E-state index in [4.69, 9.17) is 11.6 Å². The van der Waals surface area contributed by atoms with Gasteiger partial charge in [0.1, 0.15) is 5.82 Å². The molecule has 2 rings (SSSR count). The van der Waals surface area contributed by atoms with Gasteiger partial charge in [-0.05, 0) is 41.9 Å². The molecule has 0 saturated heterocycles. The van der Waals surface area contributed by atoms with Gasteiger partial charge >= 0.3 is 0 Å². The highest BCUT2D eigenvalue weighted by molar-refractivity contribution is 6.28. The zero-order valence-corrected chi connectivity index (χ0v) is 13.3. The number of carbonyl (C=O) groups is 1. The minimum Gasteiger partial charge on any atom is -0.329 e. The van der Waals surface area contributed by atoms with Crippen LogP contribution in [0.2, 0.25) is 5.28 Å². The number of hydrogen-bond donors (Lipinski definition) is 1. The lowest BCUT2D eigenvalue weighted by Gasteiger charge is -2.18. The second-order valence-corrected chi connectivity index (χ2v) is 4.31. The number of hydrogen-bond acceptors (Lipinski definition) is 4. The molecule has 0 spiro atoms. The Balaban J connectivity index is 0.00000106. The van der Waals surface area contributed by atoms with E-state index < -0.39 is 0 Å². The number of halogens is 1. The maximum Gasteiger partial charge on any atom is 0.224 e. The molecule has 0 fully saturated rings. The van der Waals surface area contributed by atoms with Crippen molar-refractivity contribution >= 4 is 34.7 Å². The number of amides is 1. The molecule has 21 heavy (non-hydrogen) atoms. The average Bonchev–Trinajstić information content (AvgIpc) is 2.49. The zero-order chi connectivity index (χ0) is 15.8. The zero-order valence-electron chi connectivity index (χ0n) is 12.6. The van der Waals surface area contributed by atoms with Crippen LogP contribution in [0.1, 0.15) is 20.8 Å². The molecular formula is C15H19ClN4O. The predicted octanol–water partition coefficient (Wildman–Crippen LogP) is 3.88. The summed E-state index contributed by atoms with van der Waals surface area (Å²) in [4.78, 5) is 20.8. The molecule has 0 bridgehead atoms. The Kier molecular flexibility index (Phi) is 6.62. The van der Waals surface area contributed by atoms with Crippen LogP contribution in [0.25, 0.3) is 0 Å². The van der Waals surface area contributed by atoms with Gasteiger partial charge in [-0.25, -0.2) is 9.97 Å². The summed E-state index contributed by atoms with van der Waals surface area (Å²) in [5, 5.41) is 2.92. The van der Waals surface area contributed by atoms with E-state index in [2.05, 4.69) is 15.3 Å². The molecule has 0 aliphatic heterocycles. The number of carbonyl (C=O) groups excluding carboxylic acids is 1. The topological polar surface area (TPSA) is 58.1 Å². The quantitative estimate of drug-likeness (QED) is 0.874. The van der Waals surface area contributed by atoms with Crippen molar-refractivity contribution in [1.82, 2.24) is 9.97 Å². The van der Waals surface area contributed by atoms with Crippen molar-refractivity contribution in [1.29, 1.82) is 0 Å². The smallest absolute Gasteiger partial charge is 0.224 e. The van der Waals surface area contributed by atoms with Gasteiger partial charge in [-0.1, -0.05) is 13.8 Å². The fourth-order valence-corrected chi connectivity index (χ4v) is 1.76. The first-order valence-electron chi connectivity index (χ1n) is 6.66. The number of nitrogens with one attached hydrogen (secondary N) is 1. The Labute approximate surface area is 130 Å². The fraction of sp³-hybridized carbons (Fsp3) is 0.267. The normalized spacial score (nSPS) is 9.38. The summed E-state index contributed by atoms with van der Waals surface area (Å²) in [6.45, 7) is 5.48. The van der Waals surface area contributed by atoms with Gasteiger partial charge in [0.05, 0.1) is 0 Å². The third-order valence-corrected chi connectivity index (χ3v) is 2.71. The second-order valence-electron chi connectivity index (χ2n) is 3.97. The second kappa shape index (κ2) is 8.21. The van der Waals surface area contributed by atoms with Crippen LogP contribution in [-0.2, 0) is 4.79 Å². The summed E-state index contributed by atoms with van der Waals surface area (Å²) >= 11 is 5.76. The van der Waals surface area contributed by atoms with Gasteiger partial charge in [-0.3, -0.25) is 4.79 Å². The molecule has 1 aromatic carbocycles. The van der Waals surface area contributed by atoms with E-state index in [9.17, 15) is 4.79 Å². The molecule has 0 aliphatic carbocycles. The van der Waals surface area contributed by atoms with Crippen molar-refractivity contribution in [2.24, 2.45) is 0 Å². The minimum atomic E-state index is -0.0938. The number of aromatic nitrogens is 2. The van der Waals surface area contributed by atoms with Gasteiger partial charge in [0.2, 0.25) is 11.2 Å². The van der Waals surface area contributed by atoms with Gasteiger partial charge in [-0.2, -0.15) is 0 Å². The molecule has 1 heterocycles. The first-order valence-corrected chi connectivity index (χ1v) is 7.04. The number of anilines is 3. The molecule has 0 radical (unpaired) electrons. The Morgan fingerprint density at radius 2 is 1.81 bits per heavy atom. The van der Waals surface area contributed by atoms with Crippen molar-refractivity contribution < 1.29 is 4.79 Å². The maximum atomic E-state index is 10.9. The van der Waals surface area contributed by atoms with Crippen molar-refractivity contribution in [2.45, 2.75) is 20.8 Å². The third kappa shape index (κ3) is 5.04. The van der Waals surface area contributed by atoms with E-state index in [1.165, 1.54) is 6.92 Å². The summed E-state index contributed by atoms with van der Waals surface area (Å²) in [7, 11) is 1.88. The van der Waals surface area contributed by atoms with Crippen LogP contribution in [-0.4, -0.2) is 22.9 Å².